The Balaban J connectivity index is 1.88. The average Bonchev–Trinajstić information content (AvgIpc) is 2.68. The highest BCUT2D eigenvalue weighted by atomic mass is 32.2. The van der Waals surface area contributed by atoms with Crippen LogP contribution in [0.15, 0.2) is 0 Å². The van der Waals surface area contributed by atoms with Crippen molar-refractivity contribution in [3.05, 3.63) is 0 Å². The Labute approximate surface area is 73.6 Å². The van der Waals surface area contributed by atoms with E-state index in [0.717, 1.165) is 13.0 Å². The van der Waals surface area contributed by atoms with Crippen LogP contribution in [-0.2, 0) is 10.0 Å². The van der Waals surface area contributed by atoms with Crippen LogP contribution in [0.2, 0.25) is 0 Å². The van der Waals surface area contributed by atoms with Crippen LogP contribution in [0, 0.1) is 0 Å². The molecule has 4 nitrogen and oxygen atoms in total. The van der Waals surface area contributed by atoms with E-state index >= 15 is 0 Å². The third kappa shape index (κ3) is 5.51. The van der Waals surface area contributed by atoms with Crippen molar-refractivity contribution in [3.63, 3.8) is 0 Å². The quantitative estimate of drug-likeness (QED) is 0.573. The molecule has 0 amide bonds. The molecule has 3 N–H and O–H groups in total. The second-order valence-corrected chi connectivity index (χ2v) is 5.04. The number of nitrogens with two attached hydrogens (primary N) is 1. The first kappa shape index (κ1) is 9.95. The first-order valence-electron chi connectivity index (χ1n) is 4.32. The number of hydrogen-bond donors (Lipinski definition) is 2. The second kappa shape index (κ2) is 4.20. The zero-order valence-electron chi connectivity index (χ0n) is 7.12. The number of primary sulfonamides is 1. The molecular formula is C7H16N2O2S. The van der Waals surface area contributed by atoms with Gasteiger partial charge in [0.15, 0.2) is 0 Å². The fourth-order valence-corrected chi connectivity index (χ4v) is 1.63. The van der Waals surface area contributed by atoms with Gasteiger partial charge in [-0.05, 0) is 32.2 Å². The standard InChI is InChI=1S/C7H16N2O2S/c8-12(10,11)6-2-1-5-9-7-3-4-7/h7,9H,1-6H2,(H2,8,10,11). The Morgan fingerprint density at radius 1 is 1.33 bits per heavy atom. The van der Waals surface area contributed by atoms with E-state index in [9.17, 15) is 8.42 Å². The van der Waals surface area contributed by atoms with Gasteiger partial charge in [-0.25, -0.2) is 13.6 Å². The first-order chi connectivity index (χ1) is 5.58. The summed E-state index contributed by atoms with van der Waals surface area (Å²) in [7, 11) is -3.24. The third-order valence-corrected chi connectivity index (χ3v) is 2.72. The van der Waals surface area contributed by atoms with E-state index in [2.05, 4.69) is 5.32 Å². The van der Waals surface area contributed by atoms with Gasteiger partial charge in [0.25, 0.3) is 0 Å². The smallest absolute Gasteiger partial charge is 0.209 e. The summed E-state index contributed by atoms with van der Waals surface area (Å²) in [6.07, 6.45) is 4.11. The Kier molecular flexibility index (Phi) is 3.49. The predicted octanol–water partition coefficient (Wildman–Crippen LogP) is -0.193. The molecule has 0 aromatic heterocycles. The van der Waals surface area contributed by atoms with Gasteiger partial charge in [-0.3, -0.25) is 0 Å². The summed E-state index contributed by atoms with van der Waals surface area (Å²) in [5.41, 5.74) is 0. The molecule has 0 aromatic rings. The fourth-order valence-electron chi connectivity index (χ4n) is 1.02. The molecule has 5 heteroatoms. The minimum atomic E-state index is -3.24. The van der Waals surface area contributed by atoms with Crippen molar-refractivity contribution in [1.29, 1.82) is 0 Å². The molecule has 1 rings (SSSR count). The van der Waals surface area contributed by atoms with Gasteiger partial charge in [-0.1, -0.05) is 0 Å². The van der Waals surface area contributed by atoms with Crippen molar-refractivity contribution in [2.24, 2.45) is 5.14 Å². The van der Waals surface area contributed by atoms with Crippen molar-refractivity contribution in [1.82, 2.24) is 5.32 Å². The van der Waals surface area contributed by atoms with E-state index in [1.165, 1.54) is 12.8 Å². The number of nitrogens with one attached hydrogen (secondary N) is 1. The molecule has 0 spiro atoms. The highest BCUT2D eigenvalue weighted by Gasteiger charge is 2.19. The summed E-state index contributed by atoms with van der Waals surface area (Å²) in [5, 5.41) is 8.15. The van der Waals surface area contributed by atoms with E-state index < -0.39 is 10.0 Å². The largest absolute Gasteiger partial charge is 0.314 e. The lowest BCUT2D eigenvalue weighted by molar-refractivity contribution is 0.588. The second-order valence-electron chi connectivity index (χ2n) is 3.30. The van der Waals surface area contributed by atoms with Crippen LogP contribution < -0.4 is 10.5 Å². The summed E-state index contributed by atoms with van der Waals surface area (Å²) in [6.45, 7) is 0.917. The van der Waals surface area contributed by atoms with Gasteiger partial charge in [0.05, 0.1) is 5.75 Å². The highest BCUT2D eigenvalue weighted by molar-refractivity contribution is 7.89. The van der Waals surface area contributed by atoms with Gasteiger partial charge < -0.3 is 5.32 Å². The van der Waals surface area contributed by atoms with Crippen molar-refractivity contribution >= 4 is 10.0 Å². The lowest BCUT2D eigenvalue weighted by Gasteiger charge is -2.00. The summed E-state index contributed by atoms with van der Waals surface area (Å²) in [5.74, 6) is 0.110. The minimum Gasteiger partial charge on any atom is -0.314 e. The normalized spacial score (nSPS) is 18.1. The molecule has 0 radical (unpaired) electrons. The molecule has 0 aliphatic heterocycles. The summed E-state index contributed by atoms with van der Waals surface area (Å²) in [6, 6.07) is 0.708. The van der Waals surface area contributed by atoms with Gasteiger partial charge in [0.2, 0.25) is 10.0 Å². The number of hydrogen-bond acceptors (Lipinski definition) is 3. The minimum absolute atomic E-state index is 0.110. The Bertz CT molecular complexity index is 222. The molecule has 0 heterocycles. The molecule has 0 unspecified atom stereocenters. The average molecular weight is 192 g/mol. The maximum Gasteiger partial charge on any atom is 0.209 e. The van der Waals surface area contributed by atoms with Crippen molar-refractivity contribution in [2.45, 2.75) is 31.7 Å². The molecule has 0 atom stereocenters. The molecular weight excluding hydrogens is 176 g/mol. The van der Waals surface area contributed by atoms with Gasteiger partial charge >= 0.3 is 0 Å². The molecule has 1 aliphatic rings. The maximum atomic E-state index is 10.5. The first-order valence-corrected chi connectivity index (χ1v) is 6.03. The van der Waals surface area contributed by atoms with Gasteiger partial charge in [-0.2, -0.15) is 0 Å². The van der Waals surface area contributed by atoms with Crippen molar-refractivity contribution in [2.75, 3.05) is 12.3 Å². The van der Waals surface area contributed by atoms with Crippen LogP contribution >= 0.6 is 0 Å². The molecule has 0 saturated heterocycles. The maximum absolute atomic E-state index is 10.5. The highest BCUT2D eigenvalue weighted by Crippen LogP contribution is 2.18. The van der Waals surface area contributed by atoms with Gasteiger partial charge in [0.1, 0.15) is 0 Å². The molecule has 1 aliphatic carbocycles. The van der Waals surface area contributed by atoms with Crippen molar-refractivity contribution in [3.8, 4) is 0 Å². The zero-order chi connectivity index (χ0) is 9.03. The lowest BCUT2D eigenvalue weighted by atomic mass is 10.3. The molecule has 1 saturated carbocycles. The van der Waals surface area contributed by atoms with Gasteiger partial charge in [0, 0.05) is 6.04 Å². The molecule has 1 fully saturated rings. The zero-order valence-corrected chi connectivity index (χ0v) is 7.94. The van der Waals surface area contributed by atoms with Crippen LogP contribution in [-0.4, -0.2) is 26.8 Å². The molecule has 0 aromatic carbocycles. The van der Waals surface area contributed by atoms with Crippen LogP contribution in [0.25, 0.3) is 0 Å². The Morgan fingerprint density at radius 3 is 2.50 bits per heavy atom. The SMILES string of the molecule is NS(=O)(=O)CCCCNC1CC1. The summed E-state index contributed by atoms with van der Waals surface area (Å²) < 4.78 is 21.0. The third-order valence-electron chi connectivity index (χ3n) is 1.87. The van der Waals surface area contributed by atoms with Crippen LogP contribution in [0.1, 0.15) is 25.7 Å². The van der Waals surface area contributed by atoms with E-state index in [4.69, 9.17) is 5.14 Å². The summed E-state index contributed by atoms with van der Waals surface area (Å²) in [4.78, 5) is 0. The monoisotopic (exact) mass is 192 g/mol. The van der Waals surface area contributed by atoms with E-state index in [1.54, 1.807) is 0 Å². The molecule has 12 heavy (non-hydrogen) atoms. The van der Waals surface area contributed by atoms with E-state index in [0.29, 0.717) is 12.5 Å². The fraction of sp³-hybridized carbons (Fsp3) is 1.00. The lowest BCUT2D eigenvalue weighted by Crippen LogP contribution is -2.20. The van der Waals surface area contributed by atoms with Crippen LogP contribution in [0.3, 0.4) is 0 Å². The number of rotatable bonds is 6. The van der Waals surface area contributed by atoms with Crippen LogP contribution in [0.5, 0.6) is 0 Å². The summed E-state index contributed by atoms with van der Waals surface area (Å²) >= 11 is 0. The molecule has 72 valence electrons. The Morgan fingerprint density at radius 2 is 2.00 bits per heavy atom. The van der Waals surface area contributed by atoms with Crippen molar-refractivity contribution < 1.29 is 8.42 Å². The van der Waals surface area contributed by atoms with E-state index in [-0.39, 0.29) is 5.75 Å². The molecule has 0 bridgehead atoms. The number of sulfonamides is 1. The number of unbranched alkanes of at least 4 members (excludes halogenated alkanes) is 1. The van der Waals surface area contributed by atoms with E-state index in [1.807, 2.05) is 0 Å². The topological polar surface area (TPSA) is 72.2 Å². The van der Waals surface area contributed by atoms with Crippen LogP contribution in [0.4, 0.5) is 0 Å². The van der Waals surface area contributed by atoms with Gasteiger partial charge in [-0.15, -0.1) is 0 Å². The predicted molar refractivity (Wildman–Crippen MR) is 48.2 cm³/mol. The Hall–Kier alpha value is -0.130.